The summed E-state index contributed by atoms with van der Waals surface area (Å²) in [5.41, 5.74) is 2.83. The van der Waals surface area contributed by atoms with Crippen molar-refractivity contribution in [3.05, 3.63) is 57.6 Å². The van der Waals surface area contributed by atoms with E-state index >= 15 is 0 Å². The highest BCUT2D eigenvalue weighted by Gasteiger charge is 2.24. The number of carbonyl (C=O) groups excluding carboxylic acids is 1. The molecule has 0 saturated heterocycles. The van der Waals surface area contributed by atoms with E-state index in [0.29, 0.717) is 32.5 Å². The fraction of sp³-hybridized carbons (Fsp3) is 0.318. The van der Waals surface area contributed by atoms with Crippen LogP contribution in [-0.2, 0) is 15.8 Å². The molecule has 0 unspecified atom stereocenters. The van der Waals surface area contributed by atoms with Crippen molar-refractivity contribution < 1.29 is 17.6 Å². The van der Waals surface area contributed by atoms with Crippen LogP contribution in [0.15, 0.2) is 34.7 Å². The number of furan rings is 1. The molecule has 3 aromatic rings. The number of nitrogens with one attached hydrogen (secondary N) is 2. The lowest BCUT2D eigenvalue weighted by Crippen LogP contribution is -2.26. The average Bonchev–Trinajstić information content (AvgIpc) is 3.09. The minimum atomic E-state index is -3.55. The monoisotopic (exact) mass is 554 g/mol. The number of nitrogens with zero attached hydrogens (tertiary/aromatic N) is 1. The molecule has 0 atom stereocenters. The second kappa shape index (κ2) is 10.1. The number of unbranched alkanes of at least 4 members (excludes halogenated alkanes) is 2. The summed E-state index contributed by atoms with van der Waals surface area (Å²) < 4.78 is 34.2. The Balaban J connectivity index is 2.01. The summed E-state index contributed by atoms with van der Waals surface area (Å²) in [7, 11) is -1.99. The Labute approximate surface area is 196 Å². The van der Waals surface area contributed by atoms with E-state index < -0.39 is 10.0 Å². The number of hydrogen-bond donors (Lipinski definition) is 2. The predicted molar refractivity (Wildman–Crippen MR) is 130 cm³/mol. The highest BCUT2D eigenvalue weighted by atomic mass is 127. The number of aryl methyl sites for hydroxylation is 1. The van der Waals surface area contributed by atoms with E-state index in [-0.39, 0.29) is 17.4 Å². The Hall–Kier alpha value is -1.98. The standard InChI is InChI=1S/C22H25IN3O4S/c1-4-5-6-11-25-31(28,29)13-18-17(23)12-16-19(21(27)24-3)20(30-22(16)26-18)15-9-7-14(2)8-10-15/h7-10,12,25H,1,4-6,11,13H2,2-3H3,(H,24,27). The van der Waals surface area contributed by atoms with E-state index in [4.69, 9.17) is 4.42 Å². The molecule has 7 nitrogen and oxygen atoms in total. The quantitative estimate of drug-likeness (QED) is 0.305. The van der Waals surface area contributed by atoms with E-state index in [1.165, 1.54) is 0 Å². The second-order valence-corrected chi connectivity index (χ2v) is 10.2. The molecule has 9 heteroatoms. The van der Waals surface area contributed by atoms with Gasteiger partial charge in [-0.3, -0.25) is 4.79 Å². The first kappa shape index (κ1) is 23.7. The SMILES string of the molecule is [CH2]CCCCNS(=O)(=O)Cc1nc2oc(-c3ccc(C)cc3)c(C(=O)NC)c2cc1I. The molecular weight excluding hydrogens is 529 g/mol. The van der Waals surface area contributed by atoms with E-state index in [1.807, 2.05) is 53.8 Å². The molecule has 1 amide bonds. The molecule has 2 N–H and O–H groups in total. The van der Waals surface area contributed by atoms with Gasteiger partial charge in [-0.2, -0.15) is 0 Å². The van der Waals surface area contributed by atoms with Crippen molar-refractivity contribution >= 4 is 49.6 Å². The van der Waals surface area contributed by atoms with Gasteiger partial charge in [-0.25, -0.2) is 18.1 Å². The average molecular weight is 554 g/mol. The number of amides is 1. The summed E-state index contributed by atoms with van der Waals surface area (Å²) in [4.78, 5) is 17.1. The Bertz CT molecular complexity index is 1190. The number of fused-ring (bicyclic) bond motifs is 1. The summed E-state index contributed by atoms with van der Waals surface area (Å²) in [6, 6.07) is 9.39. The fourth-order valence-corrected chi connectivity index (χ4v) is 5.17. The first-order valence-electron chi connectivity index (χ1n) is 9.93. The van der Waals surface area contributed by atoms with Gasteiger partial charge >= 0.3 is 0 Å². The van der Waals surface area contributed by atoms with Gasteiger partial charge in [-0.1, -0.05) is 49.6 Å². The number of pyridine rings is 1. The Kier molecular flexibility index (Phi) is 7.71. The molecule has 0 aliphatic carbocycles. The van der Waals surface area contributed by atoms with Gasteiger partial charge in [0, 0.05) is 22.7 Å². The molecule has 0 aliphatic heterocycles. The highest BCUT2D eigenvalue weighted by Crippen LogP contribution is 2.34. The van der Waals surface area contributed by atoms with E-state index in [9.17, 15) is 13.2 Å². The number of carbonyl (C=O) groups is 1. The molecule has 0 saturated carbocycles. The maximum Gasteiger partial charge on any atom is 0.255 e. The summed E-state index contributed by atoms with van der Waals surface area (Å²) in [6.07, 6.45) is 2.37. The number of sulfonamides is 1. The molecule has 0 bridgehead atoms. The van der Waals surface area contributed by atoms with Crippen LogP contribution in [0.4, 0.5) is 0 Å². The normalized spacial score (nSPS) is 11.7. The first-order valence-corrected chi connectivity index (χ1v) is 12.7. The van der Waals surface area contributed by atoms with Crippen molar-refractivity contribution in [2.75, 3.05) is 13.6 Å². The molecule has 0 fully saturated rings. The second-order valence-electron chi connectivity index (χ2n) is 7.24. The Morgan fingerprint density at radius 2 is 1.94 bits per heavy atom. The molecule has 1 aromatic carbocycles. The number of benzene rings is 1. The van der Waals surface area contributed by atoms with Crippen LogP contribution in [0.2, 0.25) is 0 Å². The predicted octanol–water partition coefficient (Wildman–Crippen LogP) is 4.19. The smallest absolute Gasteiger partial charge is 0.255 e. The maximum atomic E-state index is 12.6. The molecule has 0 spiro atoms. The third kappa shape index (κ3) is 5.64. The van der Waals surface area contributed by atoms with Crippen LogP contribution in [0.3, 0.4) is 0 Å². The van der Waals surface area contributed by atoms with Gasteiger partial charge in [-0.05, 0) is 42.0 Å². The van der Waals surface area contributed by atoms with Crippen molar-refractivity contribution in [1.29, 1.82) is 0 Å². The molecular formula is C22H25IN3O4S. The largest absolute Gasteiger partial charge is 0.437 e. The lowest BCUT2D eigenvalue weighted by Gasteiger charge is -2.07. The van der Waals surface area contributed by atoms with Gasteiger partial charge in [0.15, 0.2) is 0 Å². The summed E-state index contributed by atoms with van der Waals surface area (Å²) >= 11 is 2.04. The molecule has 165 valence electrons. The third-order valence-electron chi connectivity index (χ3n) is 4.80. The molecule has 3 rings (SSSR count). The topological polar surface area (TPSA) is 101 Å². The summed E-state index contributed by atoms with van der Waals surface area (Å²) in [6.45, 7) is 6.10. The lowest BCUT2D eigenvalue weighted by atomic mass is 10.0. The summed E-state index contributed by atoms with van der Waals surface area (Å²) in [5.74, 6) is -0.148. The van der Waals surface area contributed by atoms with Crippen molar-refractivity contribution in [3.63, 3.8) is 0 Å². The number of rotatable bonds is 9. The fourth-order valence-electron chi connectivity index (χ4n) is 3.16. The molecule has 0 aliphatic rings. The zero-order valence-corrected chi connectivity index (χ0v) is 20.5. The molecule has 2 heterocycles. The van der Waals surface area contributed by atoms with Crippen molar-refractivity contribution in [2.45, 2.75) is 31.9 Å². The van der Waals surface area contributed by atoms with Gasteiger partial charge in [0.05, 0.1) is 16.6 Å². The minimum Gasteiger partial charge on any atom is -0.437 e. The number of aromatic nitrogens is 1. The van der Waals surface area contributed by atoms with Crippen molar-refractivity contribution in [1.82, 2.24) is 15.0 Å². The molecule has 1 radical (unpaired) electrons. The lowest BCUT2D eigenvalue weighted by molar-refractivity contribution is 0.0964. The highest BCUT2D eigenvalue weighted by molar-refractivity contribution is 14.1. The van der Waals surface area contributed by atoms with Crippen LogP contribution < -0.4 is 10.0 Å². The first-order chi connectivity index (χ1) is 14.8. The van der Waals surface area contributed by atoms with Crippen molar-refractivity contribution in [2.24, 2.45) is 0 Å². The van der Waals surface area contributed by atoms with Crippen LogP contribution >= 0.6 is 22.6 Å². The summed E-state index contributed by atoms with van der Waals surface area (Å²) in [5, 5.41) is 3.19. The van der Waals surface area contributed by atoms with Gasteiger partial charge in [0.2, 0.25) is 15.7 Å². The Morgan fingerprint density at radius 3 is 2.58 bits per heavy atom. The van der Waals surface area contributed by atoms with Crippen LogP contribution in [0.25, 0.3) is 22.4 Å². The number of hydrogen-bond acceptors (Lipinski definition) is 5. The minimum absolute atomic E-state index is 0.233. The van der Waals surface area contributed by atoms with E-state index in [0.717, 1.165) is 30.4 Å². The van der Waals surface area contributed by atoms with Gasteiger partial charge in [0.25, 0.3) is 5.91 Å². The third-order valence-corrected chi connectivity index (χ3v) is 7.03. The van der Waals surface area contributed by atoms with E-state index in [1.54, 1.807) is 13.1 Å². The zero-order valence-electron chi connectivity index (χ0n) is 17.5. The zero-order chi connectivity index (χ0) is 22.6. The number of halogens is 1. The van der Waals surface area contributed by atoms with Crippen LogP contribution in [0.1, 0.15) is 40.9 Å². The van der Waals surface area contributed by atoms with Gasteiger partial charge in [0.1, 0.15) is 11.5 Å². The van der Waals surface area contributed by atoms with E-state index in [2.05, 4.69) is 21.9 Å². The molecule has 31 heavy (non-hydrogen) atoms. The maximum absolute atomic E-state index is 12.6. The van der Waals surface area contributed by atoms with Crippen molar-refractivity contribution in [3.8, 4) is 11.3 Å². The van der Waals surface area contributed by atoms with Crippen LogP contribution in [0, 0.1) is 17.4 Å². The van der Waals surface area contributed by atoms with Crippen LogP contribution in [0.5, 0.6) is 0 Å². The van der Waals surface area contributed by atoms with Gasteiger partial charge in [-0.15, -0.1) is 0 Å². The Morgan fingerprint density at radius 1 is 1.23 bits per heavy atom. The molecule has 2 aromatic heterocycles. The van der Waals surface area contributed by atoms with Crippen LogP contribution in [-0.4, -0.2) is 32.9 Å². The van der Waals surface area contributed by atoms with Gasteiger partial charge < -0.3 is 9.73 Å².